The van der Waals surface area contributed by atoms with Crippen LogP contribution in [0.1, 0.15) is 31.7 Å². The summed E-state index contributed by atoms with van der Waals surface area (Å²) in [7, 11) is 0. The molecule has 0 radical (unpaired) electrons. The van der Waals surface area contributed by atoms with Crippen LogP contribution >= 0.6 is 23.8 Å². The van der Waals surface area contributed by atoms with Crippen LogP contribution in [0.3, 0.4) is 0 Å². The standard InChI is InChI=1S/C25H22ClFN4S/c26-17-7-11-19(12-8-17)28-25(32)29-20-13-14-23-22(15-20)30-24(16-5-9-18(27)10-6-16)31(23)21-3-1-2-4-21/h5-15,21H,1-4H2,(H2,28,29,32). The molecule has 1 aliphatic rings. The molecule has 1 saturated carbocycles. The summed E-state index contributed by atoms with van der Waals surface area (Å²) in [5.41, 5.74) is 4.60. The van der Waals surface area contributed by atoms with Crippen molar-refractivity contribution < 1.29 is 4.39 Å². The number of hydrogen-bond acceptors (Lipinski definition) is 2. The van der Waals surface area contributed by atoms with E-state index in [1.54, 1.807) is 12.1 Å². The Bertz CT molecular complexity index is 1260. The van der Waals surface area contributed by atoms with Crippen LogP contribution in [0.25, 0.3) is 22.4 Å². The van der Waals surface area contributed by atoms with Gasteiger partial charge < -0.3 is 15.2 Å². The van der Waals surface area contributed by atoms with Crippen molar-refractivity contribution in [3.05, 3.63) is 77.6 Å². The van der Waals surface area contributed by atoms with Crippen LogP contribution < -0.4 is 10.6 Å². The van der Waals surface area contributed by atoms with Gasteiger partial charge in [-0.05, 0) is 91.8 Å². The van der Waals surface area contributed by atoms with Crippen LogP contribution in [0.4, 0.5) is 15.8 Å². The molecule has 2 N–H and O–H groups in total. The van der Waals surface area contributed by atoms with Crippen molar-refractivity contribution in [3.8, 4) is 11.4 Å². The lowest BCUT2D eigenvalue weighted by atomic mass is 10.1. The molecule has 7 heteroatoms. The van der Waals surface area contributed by atoms with Crippen molar-refractivity contribution in [1.82, 2.24) is 9.55 Å². The van der Waals surface area contributed by atoms with Gasteiger partial charge in [-0.1, -0.05) is 24.4 Å². The van der Waals surface area contributed by atoms with E-state index in [1.165, 1.54) is 25.0 Å². The van der Waals surface area contributed by atoms with Gasteiger partial charge >= 0.3 is 0 Å². The molecule has 0 atom stereocenters. The van der Waals surface area contributed by atoms with Crippen LogP contribution in [-0.4, -0.2) is 14.7 Å². The molecule has 0 saturated heterocycles. The molecule has 1 heterocycles. The van der Waals surface area contributed by atoms with Crippen LogP contribution in [0, 0.1) is 5.82 Å². The molecular formula is C25H22ClFN4S. The molecule has 1 aromatic heterocycles. The first-order valence-corrected chi connectivity index (χ1v) is 11.5. The van der Waals surface area contributed by atoms with Crippen molar-refractivity contribution in [3.63, 3.8) is 0 Å². The summed E-state index contributed by atoms with van der Waals surface area (Å²) in [6.45, 7) is 0. The first-order valence-electron chi connectivity index (χ1n) is 10.7. The van der Waals surface area contributed by atoms with E-state index < -0.39 is 0 Å². The third kappa shape index (κ3) is 4.33. The van der Waals surface area contributed by atoms with Gasteiger partial charge in [0.15, 0.2) is 5.11 Å². The largest absolute Gasteiger partial charge is 0.332 e. The number of nitrogens with one attached hydrogen (secondary N) is 2. The van der Waals surface area contributed by atoms with E-state index in [2.05, 4.69) is 21.3 Å². The maximum atomic E-state index is 13.5. The Morgan fingerprint density at radius 1 is 0.938 bits per heavy atom. The van der Waals surface area contributed by atoms with Crippen molar-refractivity contribution in [2.75, 3.05) is 10.6 Å². The topological polar surface area (TPSA) is 41.9 Å². The zero-order valence-corrected chi connectivity index (χ0v) is 18.9. The third-order valence-corrected chi connectivity index (χ3v) is 6.30. The van der Waals surface area contributed by atoms with E-state index in [4.69, 9.17) is 28.8 Å². The Balaban J connectivity index is 1.46. The molecule has 5 rings (SSSR count). The van der Waals surface area contributed by atoms with Gasteiger partial charge in [-0.25, -0.2) is 9.37 Å². The molecular weight excluding hydrogens is 443 g/mol. The zero-order valence-electron chi connectivity index (χ0n) is 17.3. The van der Waals surface area contributed by atoms with Gasteiger partial charge in [-0.15, -0.1) is 0 Å². The van der Waals surface area contributed by atoms with Crippen molar-refractivity contribution in [2.45, 2.75) is 31.7 Å². The summed E-state index contributed by atoms with van der Waals surface area (Å²) >= 11 is 11.4. The quantitative estimate of drug-likeness (QED) is 0.308. The second-order valence-electron chi connectivity index (χ2n) is 8.04. The third-order valence-electron chi connectivity index (χ3n) is 5.84. The molecule has 0 spiro atoms. The highest BCUT2D eigenvalue weighted by Gasteiger charge is 2.23. The van der Waals surface area contributed by atoms with Gasteiger partial charge in [-0.3, -0.25) is 0 Å². The maximum Gasteiger partial charge on any atom is 0.175 e. The maximum absolute atomic E-state index is 13.5. The highest BCUT2D eigenvalue weighted by atomic mass is 35.5. The lowest BCUT2D eigenvalue weighted by Gasteiger charge is -2.17. The van der Waals surface area contributed by atoms with Gasteiger partial charge in [0.25, 0.3) is 0 Å². The van der Waals surface area contributed by atoms with Crippen LogP contribution in [0.5, 0.6) is 0 Å². The minimum absolute atomic E-state index is 0.245. The fourth-order valence-corrected chi connectivity index (χ4v) is 4.70. The number of fused-ring (bicyclic) bond motifs is 1. The summed E-state index contributed by atoms with van der Waals surface area (Å²) in [5.74, 6) is 0.636. The smallest absolute Gasteiger partial charge is 0.175 e. The molecule has 4 nitrogen and oxygen atoms in total. The summed E-state index contributed by atoms with van der Waals surface area (Å²) in [6, 6.07) is 20.4. The van der Waals surface area contributed by atoms with E-state index in [0.29, 0.717) is 16.2 Å². The summed E-state index contributed by atoms with van der Waals surface area (Å²) < 4.78 is 15.8. The second-order valence-corrected chi connectivity index (χ2v) is 8.88. The lowest BCUT2D eigenvalue weighted by Crippen LogP contribution is -2.18. The SMILES string of the molecule is Fc1ccc(-c2nc3cc(NC(=S)Nc4ccc(Cl)cc4)ccc3n2C2CCCC2)cc1. The fourth-order valence-electron chi connectivity index (χ4n) is 4.34. The van der Waals surface area contributed by atoms with Crippen molar-refractivity contribution in [1.29, 1.82) is 0 Å². The molecule has 3 aromatic carbocycles. The van der Waals surface area contributed by atoms with E-state index >= 15 is 0 Å². The first kappa shape index (κ1) is 20.9. The Morgan fingerprint density at radius 3 is 2.31 bits per heavy atom. The number of benzene rings is 3. The van der Waals surface area contributed by atoms with Crippen molar-refractivity contribution in [2.24, 2.45) is 0 Å². The number of anilines is 2. The number of imidazole rings is 1. The van der Waals surface area contributed by atoms with Crippen molar-refractivity contribution >= 4 is 51.3 Å². The van der Waals surface area contributed by atoms with E-state index in [-0.39, 0.29) is 5.82 Å². The number of halogens is 2. The molecule has 32 heavy (non-hydrogen) atoms. The van der Waals surface area contributed by atoms with E-state index in [1.807, 2.05) is 36.4 Å². The minimum atomic E-state index is -0.245. The second kappa shape index (κ2) is 8.88. The van der Waals surface area contributed by atoms with Gasteiger partial charge in [0, 0.05) is 28.0 Å². The van der Waals surface area contributed by atoms with E-state index in [9.17, 15) is 4.39 Å². The normalized spacial score (nSPS) is 14.1. The molecule has 1 fully saturated rings. The van der Waals surface area contributed by atoms with Gasteiger partial charge in [-0.2, -0.15) is 0 Å². The molecule has 162 valence electrons. The number of aromatic nitrogens is 2. The molecule has 0 aliphatic heterocycles. The van der Waals surface area contributed by atoms with Crippen LogP contribution in [0.15, 0.2) is 66.7 Å². The Hall–Kier alpha value is -2.96. The van der Waals surface area contributed by atoms with Gasteiger partial charge in [0.05, 0.1) is 11.0 Å². The summed E-state index contributed by atoms with van der Waals surface area (Å²) in [5, 5.41) is 7.55. The number of thiocarbonyl (C=S) groups is 1. The Kier molecular flexibility index (Phi) is 5.81. The molecule has 0 bridgehead atoms. The predicted molar refractivity (Wildman–Crippen MR) is 134 cm³/mol. The lowest BCUT2D eigenvalue weighted by molar-refractivity contribution is 0.537. The summed E-state index contributed by atoms with van der Waals surface area (Å²) in [4.78, 5) is 4.94. The number of nitrogens with zero attached hydrogens (tertiary/aromatic N) is 2. The fraction of sp³-hybridized carbons (Fsp3) is 0.200. The first-order chi connectivity index (χ1) is 15.6. The minimum Gasteiger partial charge on any atom is -0.332 e. The van der Waals surface area contributed by atoms with Gasteiger partial charge in [0.2, 0.25) is 0 Å². The Labute approximate surface area is 196 Å². The van der Waals surface area contributed by atoms with Gasteiger partial charge in [0.1, 0.15) is 11.6 Å². The highest BCUT2D eigenvalue weighted by molar-refractivity contribution is 7.80. The monoisotopic (exact) mass is 464 g/mol. The summed E-state index contributed by atoms with van der Waals surface area (Å²) in [6.07, 6.45) is 4.71. The average molecular weight is 465 g/mol. The molecule has 1 aliphatic carbocycles. The van der Waals surface area contributed by atoms with Crippen LogP contribution in [-0.2, 0) is 0 Å². The zero-order chi connectivity index (χ0) is 22.1. The molecule has 0 amide bonds. The molecule has 0 unspecified atom stereocenters. The highest BCUT2D eigenvalue weighted by Crippen LogP contribution is 2.37. The Morgan fingerprint density at radius 2 is 1.59 bits per heavy atom. The average Bonchev–Trinajstić information content (AvgIpc) is 3.43. The molecule has 4 aromatic rings. The number of hydrogen-bond donors (Lipinski definition) is 2. The number of rotatable bonds is 4. The van der Waals surface area contributed by atoms with Crippen LogP contribution in [0.2, 0.25) is 5.02 Å². The van der Waals surface area contributed by atoms with E-state index in [0.717, 1.165) is 46.6 Å². The predicted octanol–water partition coefficient (Wildman–Crippen LogP) is 7.42.